The predicted octanol–water partition coefficient (Wildman–Crippen LogP) is 2.71. The second kappa shape index (κ2) is 5.64. The molecule has 1 heterocycles. The van der Waals surface area contributed by atoms with Crippen molar-refractivity contribution in [2.24, 2.45) is 12.5 Å². The van der Waals surface area contributed by atoms with E-state index < -0.39 is 6.09 Å². The number of nitriles is 1. The minimum Gasteiger partial charge on any atom is -0.465 e. The lowest BCUT2D eigenvalue weighted by atomic mass is 9.50. The zero-order valence-corrected chi connectivity index (χ0v) is 13.7. The van der Waals surface area contributed by atoms with Crippen LogP contribution in [0.25, 0.3) is 0 Å². The number of aryl methyl sites for hydroxylation is 1. The Balaban J connectivity index is 1.96. The number of aromatic nitrogens is 3. The van der Waals surface area contributed by atoms with Crippen molar-refractivity contribution in [1.82, 2.24) is 14.8 Å². The SMILES string of the molecule is Cn1cnnc1CC1(c2cccc(NC(=O)O)c2)CC(C)(C#N)C1. The molecular formula is C17H19N5O2. The summed E-state index contributed by atoms with van der Waals surface area (Å²) >= 11 is 0. The maximum absolute atomic E-state index is 10.9. The van der Waals surface area contributed by atoms with Crippen LogP contribution in [0.15, 0.2) is 30.6 Å². The first-order valence-electron chi connectivity index (χ1n) is 7.70. The fourth-order valence-corrected chi connectivity index (χ4v) is 3.77. The second-order valence-electron chi connectivity index (χ2n) is 6.85. The Morgan fingerprint density at radius 1 is 1.50 bits per heavy atom. The molecule has 0 radical (unpaired) electrons. The van der Waals surface area contributed by atoms with Crippen molar-refractivity contribution in [3.8, 4) is 6.07 Å². The maximum atomic E-state index is 10.9. The number of benzene rings is 1. The highest BCUT2D eigenvalue weighted by molar-refractivity contribution is 5.82. The normalized spacial score (nSPS) is 25.5. The zero-order valence-electron chi connectivity index (χ0n) is 13.7. The van der Waals surface area contributed by atoms with Crippen molar-refractivity contribution in [2.45, 2.75) is 31.6 Å². The number of carbonyl (C=O) groups is 1. The quantitative estimate of drug-likeness (QED) is 0.899. The lowest BCUT2D eigenvalue weighted by molar-refractivity contribution is 0.0891. The Morgan fingerprint density at radius 3 is 2.83 bits per heavy atom. The number of anilines is 1. The standard InChI is InChI=1S/C17H19N5O2/c1-16(10-18)8-17(9-16,7-14-21-19-11-22(14)2)12-4-3-5-13(6-12)20-15(23)24/h3-6,11,20H,7-9H2,1-2H3,(H,23,24). The van der Waals surface area contributed by atoms with E-state index in [9.17, 15) is 10.1 Å². The molecule has 7 nitrogen and oxygen atoms in total. The molecule has 2 N–H and O–H groups in total. The van der Waals surface area contributed by atoms with Crippen LogP contribution in [0.2, 0.25) is 0 Å². The van der Waals surface area contributed by atoms with Crippen LogP contribution in [0.3, 0.4) is 0 Å². The molecule has 1 aliphatic rings. The van der Waals surface area contributed by atoms with Gasteiger partial charge in [-0.3, -0.25) is 5.32 Å². The summed E-state index contributed by atoms with van der Waals surface area (Å²) in [5, 5.41) is 28.8. The molecule has 0 spiro atoms. The number of hydrogen-bond donors (Lipinski definition) is 2. The summed E-state index contributed by atoms with van der Waals surface area (Å²) in [6.45, 7) is 1.96. The largest absolute Gasteiger partial charge is 0.465 e. The van der Waals surface area contributed by atoms with Gasteiger partial charge in [0.15, 0.2) is 0 Å². The van der Waals surface area contributed by atoms with Gasteiger partial charge in [-0.2, -0.15) is 5.26 Å². The number of hydrogen-bond acceptors (Lipinski definition) is 4. The van der Waals surface area contributed by atoms with E-state index in [2.05, 4.69) is 21.6 Å². The Bertz CT molecular complexity index is 814. The maximum Gasteiger partial charge on any atom is 0.409 e. The molecule has 124 valence electrons. The van der Waals surface area contributed by atoms with Crippen LogP contribution in [0, 0.1) is 16.7 Å². The molecule has 1 aliphatic carbocycles. The average molecular weight is 325 g/mol. The lowest BCUT2D eigenvalue weighted by Gasteiger charge is -2.51. The molecule has 0 saturated heterocycles. The molecule has 3 rings (SSSR count). The topological polar surface area (TPSA) is 104 Å². The summed E-state index contributed by atoms with van der Waals surface area (Å²) < 4.78 is 1.88. The third kappa shape index (κ3) is 2.83. The Hall–Kier alpha value is -2.88. The molecule has 1 aromatic carbocycles. The van der Waals surface area contributed by atoms with Gasteiger partial charge in [-0.05, 0) is 37.5 Å². The summed E-state index contributed by atoms with van der Waals surface area (Å²) in [6.07, 6.45) is 2.65. The van der Waals surface area contributed by atoms with Crippen molar-refractivity contribution >= 4 is 11.8 Å². The molecule has 1 aromatic heterocycles. The van der Waals surface area contributed by atoms with Gasteiger partial charge >= 0.3 is 6.09 Å². The predicted molar refractivity (Wildman–Crippen MR) is 87.4 cm³/mol. The van der Waals surface area contributed by atoms with Gasteiger partial charge in [0, 0.05) is 24.6 Å². The molecule has 1 amide bonds. The second-order valence-corrected chi connectivity index (χ2v) is 6.85. The number of nitrogens with zero attached hydrogens (tertiary/aromatic N) is 4. The Morgan fingerprint density at radius 2 is 2.25 bits per heavy atom. The monoisotopic (exact) mass is 325 g/mol. The van der Waals surface area contributed by atoms with Gasteiger partial charge in [-0.25, -0.2) is 4.79 Å². The summed E-state index contributed by atoms with van der Waals surface area (Å²) in [5.74, 6) is 0.853. The first-order chi connectivity index (χ1) is 11.4. The first kappa shape index (κ1) is 16.0. The average Bonchev–Trinajstić information content (AvgIpc) is 2.90. The third-order valence-corrected chi connectivity index (χ3v) is 4.75. The molecule has 24 heavy (non-hydrogen) atoms. The molecule has 1 saturated carbocycles. The number of carboxylic acid groups (broad SMARTS) is 1. The highest BCUT2D eigenvalue weighted by Gasteiger charge is 2.53. The van der Waals surface area contributed by atoms with Crippen LogP contribution in [0.4, 0.5) is 10.5 Å². The molecule has 1 fully saturated rings. The van der Waals surface area contributed by atoms with E-state index in [1.807, 2.05) is 36.7 Å². The van der Waals surface area contributed by atoms with Crippen molar-refractivity contribution in [2.75, 3.05) is 5.32 Å². The Labute approximate surface area is 139 Å². The minimum atomic E-state index is -1.09. The highest BCUT2D eigenvalue weighted by Crippen LogP contribution is 2.56. The molecule has 0 aliphatic heterocycles. The van der Waals surface area contributed by atoms with E-state index in [-0.39, 0.29) is 10.8 Å². The smallest absolute Gasteiger partial charge is 0.409 e. The fourth-order valence-electron chi connectivity index (χ4n) is 3.77. The number of amides is 1. The van der Waals surface area contributed by atoms with Crippen molar-refractivity contribution < 1.29 is 9.90 Å². The van der Waals surface area contributed by atoms with Crippen LogP contribution in [0.5, 0.6) is 0 Å². The molecule has 7 heteroatoms. The minimum absolute atomic E-state index is 0.235. The van der Waals surface area contributed by atoms with Gasteiger partial charge < -0.3 is 9.67 Å². The van der Waals surface area contributed by atoms with Crippen molar-refractivity contribution in [3.05, 3.63) is 42.0 Å². The van der Waals surface area contributed by atoms with Crippen LogP contribution in [0.1, 0.15) is 31.2 Å². The zero-order chi connectivity index (χ0) is 17.4. The van der Waals surface area contributed by atoms with Crippen LogP contribution in [-0.2, 0) is 18.9 Å². The van der Waals surface area contributed by atoms with Crippen molar-refractivity contribution in [3.63, 3.8) is 0 Å². The van der Waals surface area contributed by atoms with Gasteiger partial charge in [0.2, 0.25) is 0 Å². The van der Waals surface area contributed by atoms with E-state index in [1.165, 1.54) is 0 Å². The van der Waals surface area contributed by atoms with E-state index in [4.69, 9.17) is 5.11 Å². The molecule has 2 aromatic rings. The van der Waals surface area contributed by atoms with Gasteiger partial charge in [0.05, 0.1) is 11.5 Å². The fraction of sp³-hybridized carbons (Fsp3) is 0.412. The Kier molecular flexibility index (Phi) is 3.76. The van der Waals surface area contributed by atoms with Gasteiger partial charge in [0.1, 0.15) is 12.2 Å². The lowest BCUT2D eigenvalue weighted by Crippen LogP contribution is -2.49. The van der Waals surface area contributed by atoms with Gasteiger partial charge in [0.25, 0.3) is 0 Å². The molecule has 0 bridgehead atoms. The number of rotatable bonds is 4. The first-order valence-corrected chi connectivity index (χ1v) is 7.70. The van der Waals surface area contributed by atoms with Crippen LogP contribution < -0.4 is 5.32 Å². The highest BCUT2D eigenvalue weighted by atomic mass is 16.4. The number of nitrogens with one attached hydrogen (secondary N) is 1. The van der Waals surface area contributed by atoms with Gasteiger partial charge in [-0.15, -0.1) is 10.2 Å². The van der Waals surface area contributed by atoms with E-state index in [0.717, 1.165) is 11.4 Å². The summed E-state index contributed by atoms with van der Waals surface area (Å²) in [6, 6.07) is 9.78. The molecule has 0 atom stereocenters. The summed E-state index contributed by atoms with van der Waals surface area (Å²) in [5.41, 5.74) is 0.948. The van der Waals surface area contributed by atoms with Gasteiger partial charge in [-0.1, -0.05) is 12.1 Å². The van der Waals surface area contributed by atoms with E-state index >= 15 is 0 Å². The third-order valence-electron chi connectivity index (χ3n) is 4.75. The summed E-state index contributed by atoms with van der Waals surface area (Å²) in [7, 11) is 1.90. The molecule has 0 unspecified atom stereocenters. The van der Waals surface area contributed by atoms with Crippen LogP contribution in [-0.4, -0.2) is 26.0 Å². The van der Waals surface area contributed by atoms with E-state index in [1.54, 1.807) is 12.4 Å². The van der Waals surface area contributed by atoms with Crippen molar-refractivity contribution in [1.29, 1.82) is 5.26 Å². The molecular weight excluding hydrogens is 306 g/mol. The van der Waals surface area contributed by atoms with E-state index in [0.29, 0.717) is 24.9 Å². The summed E-state index contributed by atoms with van der Waals surface area (Å²) in [4.78, 5) is 10.9. The van der Waals surface area contributed by atoms with Crippen LogP contribution >= 0.6 is 0 Å².